The summed E-state index contributed by atoms with van der Waals surface area (Å²) in [6.07, 6.45) is 2.18. The predicted octanol–water partition coefficient (Wildman–Crippen LogP) is 1.57. The highest BCUT2D eigenvalue weighted by Crippen LogP contribution is 2.48. The van der Waals surface area contributed by atoms with Crippen LogP contribution in [0.5, 0.6) is 0 Å². The first-order valence-corrected chi connectivity index (χ1v) is 5.36. The smallest absolute Gasteiger partial charge is 0.221 e. The summed E-state index contributed by atoms with van der Waals surface area (Å²) in [5.74, 6) is 5.08. The third-order valence-electron chi connectivity index (χ3n) is 3.01. The molecular formula is C12H16N2O2. The summed E-state index contributed by atoms with van der Waals surface area (Å²) in [4.78, 5) is 15.7. The molecule has 1 aromatic rings. The summed E-state index contributed by atoms with van der Waals surface area (Å²) in [5.41, 5.74) is 2.08. The molecule has 1 aliphatic rings. The minimum atomic E-state index is -0.0583. The van der Waals surface area contributed by atoms with E-state index in [4.69, 9.17) is 10.7 Å². The largest absolute Gasteiger partial charge is 0.326 e. The lowest BCUT2D eigenvalue weighted by atomic mass is 9.96. The van der Waals surface area contributed by atoms with Crippen molar-refractivity contribution in [2.45, 2.75) is 25.2 Å². The van der Waals surface area contributed by atoms with E-state index in [0.29, 0.717) is 6.61 Å². The summed E-state index contributed by atoms with van der Waals surface area (Å²) in [6.45, 7) is 2.04. The summed E-state index contributed by atoms with van der Waals surface area (Å²) >= 11 is 0. The molecule has 0 saturated heterocycles. The van der Waals surface area contributed by atoms with Crippen LogP contribution in [0, 0.1) is 0 Å². The number of benzene rings is 1. The van der Waals surface area contributed by atoms with Gasteiger partial charge in [0.05, 0.1) is 6.61 Å². The molecular weight excluding hydrogens is 204 g/mol. The SMILES string of the molecule is CC(=O)Nc1cccc(C2(CON)CC2)c1. The molecule has 0 heterocycles. The fourth-order valence-electron chi connectivity index (χ4n) is 1.96. The molecule has 16 heavy (non-hydrogen) atoms. The van der Waals surface area contributed by atoms with Crippen molar-refractivity contribution in [1.29, 1.82) is 0 Å². The average molecular weight is 220 g/mol. The maximum absolute atomic E-state index is 11.0. The van der Waals surface area contributed by atoms with Crippen molar-refractivity contribution >= 4 is 11.6 Å². The Morgan fingerprint density at radius 2 is 2.31 bits per heavy atom. The fourth-order valence-corrected chi connectivity index (χ4v) is 1.96. The molecule has 0 unspecified atom stereocenters. The normalized spacial score (nSPS) is 16.9. The van der Waals surface area contributed by atoms with Crippen molar-refractivity contribution in [3.05, 3.63) is 29.8 Å². The minimum Gasteiger partial charge on any atom is -0.326 e. The molecule has 0 radical (unpaired) electrons. The van der Waals surface area contributed by atoms with Gasteiger partial charge in [0.1, 0.15) is 0 Å². The van der Waals surface area contributed by atoms with Gasteiger partial charge in [0.25, 0.3) is 0 Å². The Morgan fingerprint density at radius 1 is 1.56 bits per heavy atom. The van der Waals surface area contributed by atoms with Gasteiger partial charge in [-0.25, -0.2) is 5.90 Å². The van der Waals surface area contributed by atoms with Gasteiger partial charge in [0.15, 0.2) is 0 Å². The number of rotatable bonds is 4. The number of hydrogen-bond donors (Lipinski definition) is 2. The van der Waals surface area contributed by atoms with Crippen molar-refractivity contribution in [2.75, 3.05) is 11.9 Å². The maximum Gasteiger partial charge on any atom is 0.221 e. The van der Waals surface area contributed by atoms with Crippen molar-refractivity contribution < 1.29 is 9.63 Å². The summed E-state index contributed by atoms with van der Waals surface area (Å²) in [5, 5.41) is 2.78. The highest BCUT2D eigenvalue weighted by atomic mass is 16.6. The minimum absolute atomic E-state index is 0.0583. The molecule has 1 fully saturated rings. The third-order valence-corrected chi connectivity index (χ3v) is 3.01. The number of nitrogens with two attached hydrogens (primary N) is 1. The number of amides is 1. The van der Waals surface area contributed by atoms with E-state index >= 15 is 0 Å². The highest BCUT2D eigenvalue weighted by molar-refractivity contribution is 5.88. The maximum atomic E-state index is 11.0. The van der Waals surface area contributed by atoms with Crippen LogP contribution in [0.3, 0.4) is 0 Å². The summed E-state index contributed by atoms with van der Waals surface area (Å²) < 4.78 is 0. The van der Waals surface area contributed by atoms with E-state index < -0.39 is 0 Å². The van der Waals surface area contributed by atoms with E-state index in [1.54, 1.807) is 0 Å². The lowest BCUT2D eigenvalue weighted by molar-refractivity contribution is -0.114. The molecule has 0 spiro atoms. The van der Waals surface area contributed by atoms with Gasteiger partial charge in [-0.15, -0.1) is 0 Å². The molecule has 0 aliphatic heterocycles. The van der Waals surface area contributed by atoms with E-state index in [9.17, 15) is 4.79 Å². The number of carbonyl (C=O) groups is 1. The zero-order valence-corrected chi connectivity index (χ0v) is 9.32. The summed E-state index contributed by atoms with van der Waals surface area (Å²) in [6, 6.07) is 7.87. The van der Waals surface area contributed by atoms with Crippen LogP contribution < -0.4 is 11.2 Å². The number of anilines is 1. The van der Waals surface area contributed by atoms with Crippen LogP contribution in [0.15, 0.2) is 24.3 Å². The lowest BCUT2D eigenvalue weighted by Gasteiger charge is -2.15. The second-order valence-corrected chi connectivity index (χ2v) is 4.35. The molecule has 2 rings (SSSR count). The molecule has 1 saturated carbocycles. The van der Waals surface area contributed by atoms with Gasteiger partial charge in [-0.3, -0.25) is 4.79 Å². The zero-order valence-electron chi connectivity index (χ0n) is 9.32. The van der Waals surface area contributed by atoms with Crippen molar-refractivity contribution in [1.82, 2.24) is 0 Å². The lowest BCUT2D eigenvalue weighted by Crippen LogP contribution is -2.18. The Balaban J connectivity index is 2.19. The van der Waals surface area contributed by atoms with E-state index in [0.717, 1.165) is 18.5 Å². The molecule has 1 amide bonds. The van der Waals surface area contributed by atoms with Crippen LogP contribution in [0.4, 0.5) is 5.69 Å². The number of hydrogen-bond acceptors (Lipinski definition) is 3. The molecule has 0 atom stereocenters. The second kappa shape index (κ2) is 4.23. The summed E-state index contributed by atoms with van der Waals surface area (Å²) in [7, 11) is 0. The number of nitrogens with one attached hydrogen (secondary N) is 1. The van der Waals surface area contributed by atoms with Crippen molar-refractivity contribution in [2.24, 2.45) is 5.90 Å². The highest BCUT2D eigenvalue weighted by Gasteiger charge is 2.44. The Hall–Kier alpha value is -1.39. The Bertz CT molecular complexity index is 400. The Labute approximate surface area is 94.7 Å². The van der Waals surface area contributed by atoms with Gasteiger partial charge < -0.3 is 10.2 Å². The Kier molecular flexibility index (Phi) is 2.94. The predicted molar refractivity (Wildman–Crippen MR) is 61.8 cm³/mol. The van der Waals surface area contributed by atoms with Gasteiger partial charge in [0.2, 0.25) is 5.91 Å². The molecule has 3 N–H and O–H groups in total. The van der Waals surface area contributed by atoms with Crippen LogP contribution in [-0.2, 0) is 15.0 Å². The van der Waals surface area contributed by atoms with E-state index in [1.807, 2.05) is 18.2 Å². The van der Waals surface area contributed by atoms with Gasteiger partial charge in [-0.05, 0) is 30.5 Å². The van der Waals surface area contributed by atoms with E-state index in [-0.39, 0.29) is 11.3 Å². The van der Waals surface area contributed by atoms with Crippen molar-refractivity contribution in [3.8, 4) is 0 Å². The van der Waals surface area contributed by atoms with E-state index in [2.05, 4.69) is 11.4 Å². The molecule has 4 nitrogen and oxygen atoms in total. The van der Waals surface area contributed by atoms with Crippen LogP contribution in [-0.4, -0.2) is 12.5 Å². The van der Waals surface area contributed by atoms with Crippen molar-refractivity contribution in [3.63, 3.8) is 0 Å². The van der Waals surface area contributed by atoms with Crippen LogP contribution in [0.25, 0.3) is 0 Å². The fraction of sp³-hybridized carbons (Fsp3) is 0.417. The van der Waals surface area contributed by atoms with Crippen LogP contribution in [0.2, 0.25) is 0 Å². The van der Waals surface area contributed by atoms with Gasteiger partial charge in [0, 0.05) is 18.0 Å². The third kappa shape index (κ3) is 2.23. The first-order chi connectivity index (χ1) is 7.66. The van der Waals surface area contributed by atoms with E-state index in [1.165, 1.54) is 12.5 Å². The molecule has 0 bridgehead atoms. The van der Waals surface area contributed by atoms with Crippen LogP contribution in [0.1, 0.15) is 25.3 Å². The quantitative estimate of drug-likeness (QED) is 0.757. The van der Waals surface area contributed by atoms with Gasteiger partial charge in [-0.1, -0.05) is 12.1 Å². The number of carbonyl (C=O) groups excluding carboxylic acids is 1. The molecule has 86 valence electrons. The zero-order chi connectivity index (χ0) is 11.6. The monoisotopic (exact) mass is 220 g/mol. The first-order valence-electron chi connectivity index (χ1n) is 5.36. The molecule has 1 aliphatic carbocycles. The molecule has 0 aromatic heterocycles. The van der Waals surface area contributed by atoms with Gasteiger partial charge in [-0.2, -0.15) is 0 Å². The van der Waals surface area contributed by atoms with Gasteiger partial charge >= 0.3 is 0 Å². The van der Waals surface area contributed by atoms with Crippen LogP contribution >= 0.6 is 0 Å². The average Bonchev–Trinajstić information content (AvgIpc) is 2.99. The topological polar surface area (TPSA) is 64.3 Å². The standard InChI is InChI=1S/C12H16N2O2/c1-9(15)14-11-4-2-3-10(7-11)12(5-6-12)8-16-13/h2-4,7H,5-6,8,13H2,1H3,(H,14,15). The Morgan fingerprint density at radius 3 is 2.88 bits per heavy atom. The second-order valence-electron chi connectivity index (χ2n) is 4.35. The molecule has 4 heteroatoms. The first kappa shape index (κ1) is 11.1. The molecule has 1 aromatic carbocycles.